The predicted molar refractivity (Wildman–Crippen MR) is 75.3 cm³/mol. The molecule has 0 amide bonds. The van der Waals surface area contributed by atoms with Crippen molar-refractivity contribution in [2.24, 2.45) is 0 Å². The van der Waals surface area contributed by atoms with Crippen LogP contribution in [0.1, 0.15) is 12.1 Å². The second kappa shape index (κ2) is 6.39. The van der Waals surface area contributed by atoms with Crippen LogP contribution in [0, 0.1) is 11.3 Å². The minimum Gasteiger partial charge on any atom is -0.317 e. The number of benzene rings is 1. The lowest BCUT2D eigenvalue weighted by atomic mass is 10.3. The third-order valence-corrected chi connectivity index (χ3v) is 3.61. The summed E-state index contributed by atoms with van der Waals surface area (Å²) in [6, 6.07) is 12.1. The van der Waals surface area contributed by atoms with Gasteiger partial charge in [0, 0.05) is 17.6 Å². The molecule has 0 fully saturated rings. The zero-order valence-corrected chi connectivity index (χ0v) is 11.3. The van der Waals surface area contributed by atoms with Gasteiger partial charge in [-0.1, -0.05) is 18.2 Å². The van der Waals surface area contributed by atoms with Gasteiger partial charge in [0.25, 0.3) is 0 Å². The van der Waals surface area contributed by atoms with Crippen molar-refractivity contribution in [1.82, 2.24) is 4.98 Å². The topological polar surface area (TPSA) is 39.9 Å². The summed E-state index contributed by atoms with van der Waals surface area (Å²) >= 11 is 7.32. The van der Waals surface area contributed by atoms with Crippen molar-refractivity contribution in [2.45, 2.75) is 12.3 Å². The van der Waals surface area contributed by atoms with Gasteiger partial charge >= 0.3 is 0 Å². The molecule has 0 aliphatic carbocycles. The first-order valence-electron chi connectivity index (χ1n) is 5.55. The molecule has 0 radical (unpaired) electrons. The van der Waals surface area contributed by atoms with E-state index < -0.39 is 0 Å². The highest BCUT2D eigenvalue weighted by molar-refractivity contribution is 7.13. The Morgan fingerprint density at radius 3 is 2.72 bits per heavy atom. The van der Waals surface area contributed by atoms with Crippen LogP contribution in [0.2, 0.25) is 0 Å². The molecule has 0 spiro atoms. The summed E-state index contributed by atoms with van der Waals surface area (Å²) in [5, 5.41) is 11.6. The standard InChI is InChI=1S/C13H12ClN3S/c14-9-11-10-18-13(16-11)17(8-4-7-15)12-5-2-1-3-6-12/h1-3,5-6,10H,4,8-9H2. The van der Waals surface area contributed by atoms with Gasteiger partial charge in [0.1, 0.15) is 0 Å². The van der Waals surface area contributed by atoms with Gasteiger partial charge in [-0.3, -0.25) is 0 Å². The fourth-order valence-corrected chi connectivity index (χ4v) is 2.69. The smallest absolute Gasteiger partial charge is 0.190 e. The summed E-state index contributed by atoms with van der Waals surface area (Å²) < 4.78 is 0. The third kappa shape index (κ3) is 3.00. The summed E-state index contributed by atoms with van der Waals surface area (Å²) in [4.78, 5) is 6.51. The largest absolute Gasteiger partial charge is 0.317 e. The van der Waals surface area contributed by atoms with E-state index in [1.165, 1.54) is 0 Å². The molecule has 0 aliphatic heterocycles. The van der Waals surface area contributed by atoms with Gasteiger partial charge < -0.3 is 4.90 Å². The highest BCUT2D eigenvalue weighted by Gasteiger charge is 2.12. The van der Waals surface area contributed by atoms with Crippen molar-refractivity contribution >= 4 is 33.8 Å². The zero-order valence-electron chi connectivity index (χ0n) is 9.71. The van der Waals surface area contributed by atoms with Crippen molar-refractivity contribution in [3.63, 3.8) is 0 Å². The van der Waals surface area contributed by atoms with Crippen LogP contribution in [0.5, 0.6) is 0 Å². The maximum atomic E-state index is 8.75. The Bertz CT molecular complexity index is 533. The molecular weight excluding hydrogens is 266 g/mol. The molecule has 1 aromatic heterocycles. The monoisotopic (exact) mass is 277 g/mol. The van der Waals surface area contributed by atoms with E-state index in [0.29, 0.717) is 18.8 Å². The molecule has 0 N–H and O–H groups in total. The van der Waals surface area contributed by atoms with Gasteiger partial charge in [0.2, 0.25) is 0 Å². The molecule has 0 saturated carbocycles. The van der Waals surface area contributed by atoms with E-state index in [-0.39, 0.29) is 0 Å². The van der Waals surface area contributed by atoms with Gasteiger partial charge in [0.05, 0.1) is 24.1 Å². The predicted octanol–water partition coefficient (Wildman–Crippen LogP) is 3.93. The Kier molecular flexibility index (Phi) is 4.57. The van der Waals surface area contributed by atoms with Crippen LogP contribution < -0.4 is 4.90 Å². The minimum absolute atomic E-state index is 0.414. The lowest BCUT2D eigenvalue weighted by Gasteiger charge is -2.20. The molecule has 0 bridgehead atoms. The number of aromatic nitrogens is 1. The Balaban J connectivity index is 2.28. The van der Waals surface area contributed by atoms with Crippen molar-refractivity contribution < 1.29 is 0 Å². The number of rotatable bonds is 5. The molecule has 0 unspecified atom stereocenters. The fraction of sp³-hybridized carbons (Fsp3) is 0.231. The van der Waals surface area contributed by atoms with E-state index >= 15 is 0 Å². The van der Waals surface area contributed by atoms with E-state index in [2.05, 4.69) is 11.1 Å². The number of para-hydroxylation sites is 1. The maximum Gasteiger partial charge on any atom is 0.190 e. The van der Waals surface area contributed by atoms with Crippen molar-refractivity contribution in [3.05, 3.63) is 41.4 Å². The normalized spacial score (nSPS) is 10.0. The molecule has 92 valence electrons. The molecule has 2 rings (SSSR count). The summed E-state index contributed by atoms with van der Waals surface area (Å²) in [6.07, 6.45) is 0.463. The molecule has 0 atom stereocenters. The highest BCUT2D eigenvalue weighted by atomic mass is 35.5. The Labute approximate surface area is 115 Å². The Morgan fingerprint density at radius 1 is 1.33 bits per heavy atom. The SMILES string of the molecule is N#CCCN(c1ccccc1)c1nc(CCl)cs1. The van der Waals surface area contributed by atoms with Gasteiger partial charge in [0.15, 0.2) is 5.13 Å². The second-order valence-corrected chi connectivity index (χ2v) is 4.75. The number of hydrogen-bond donors (Lipinski definition) is 0. The Hall–Kier alpha value is -1.57. The van der Waals surface area contributed by atoms with Crippen LogP contribution in [-0.2, 0) is 5.88 Å². The summed E-state index contributed by atoms with van der Waals surface area (Å²) in [5.74, 6) is 0.414. The number of anilines is 2. The molecule has 0 saturated heterocycles. The summed E-state index contributed by atoms with van der Waals surface area (Å²) in [7, 11) is 0. The van der Waals surface area contributed by atoms with Crippen molar-refractivity contribution in [2.75, 3.05) is 11.4 Å². The lowest BCUT2D eigenvalue weighted by Crippen LogP contribution is -2.17. The molecule has 1 aromatic carbocycles. The van der Waals surface area contributed by atoms with Gasteiger partial charge in [-0.05, 0) is 12.1 Å². The van der Waals surface area contributed by atoms with Crippen molar-refractivity contribution in [3.8, 4) is 6.07 Å². The molecule has 18 heavy (non-hydrogen) atoms. The van der Waals surface area contributed by atoms with Crippen LogP contribution in [-0.4, -0.2) is 11.5 Å². The molecule has 5 heteroatoms. The maximum absolute atomic E-state index is 8.75. The van der Waals surface area contributed by atoms with Crippen LogP contribution in [0.15, 0.2) is 35.7 Å². The van der Waals surface area contributed by atoms with Crippen LogP contribution in [0.25, 0.3) is 0 Å². The van der Waals surface area contributed by atoms with Gasteiger partial charge in [-0.25, -0.2) is 4.98 Å². The zero-order chi connectivity index (χ0) is 12.8. The average molecular weight is 278 g/mol. The lowest BCUT2D eigenvalue weighted by molar-refractivity contribution is 0.937. The number of hydrogen-bond acceptors (Lipinski definition) is 4. The van der Waals surface area contributed by atoms with E-state index in [9.17, 15) is 0 Å². The Morgan fingerprint density at radius 2 is 2.11 bits per heavy atom. The van der Waals surface area contributed by atoms with E-state index in [1.54, 1.807) is 11.3 Å². The van der Waals surface area contributed by atoms with Crippen LogP contribution >= 0.6 is 22.9 Å². The van der Waals surface area contributed by atoms with E-state index in [4.69, 9.17) is 16.9 Å². The summed E-state index contributed by atoms with van der Waals surface area (Å²) in [5.41, 5.74) is 1.91. The fourth-order valence-electron chi connectivity index (χ4n) is 1.59. The molecular formula is C13H12ClN3S. The van der Waals surface area contributed by atoms with Crippen LogP contribution in [0.4, 0.5) is 10.8 Å². The average Bonchev–Trinajstić information content (AvgIpc) is 2.89. The van der Waals surface area contributed by atoms with Crippen molar-refractivity contribution in [1.29, 1.82) is 5.26 Å². The number of nitriles is 1. The quantitative estimate of drug-likeness (QED) is 0.777. The second-order valence-electron chi connectivity index (χ2n) is 3.65. The number of nitrogens with zero attached hydrogens (tertiary/aromatic N) is 3. The number of alkyl halides is 1. The number of thiazole rings is 1. The highest BCUT2D eigenvalue weighted by Crippen LogP contribution is 2.28. The molecule has 2 aromatic rings. The van der Waals surface area contributed by atoms with Gasteiger partial charge in [-0.15, -0.1) is 22.9 Å². The van der Waals surface area contributed by atoms with Crippen LogP contribution in [0.3, 0.4) is 0 Å². The van der Waals surface area contributed by atoms with Gasteiger partial charge in [-0.2, -0.15) is 5.26 Å². The summed E-state index contributed by atoms with van der Waals surface area (Å²) in [6.45, 7) is 0.635. The van der Waals surface area contributed by atoms with E-state index in [1.807, 2.05) is 40.6 Å². The molecule has 0 aliphatic rings. The van der Waals surface area contributed by atoms with E-state index in [0.717, 1.165) is 16.5 Å². The molecule has 3 nitrogen and oxygen atoms in total. The number of halogens is 1. The first kappa shape index (κ1) is 12.9. The molecule has 1 heterocycles. The first-order valence-corrected chi connectivity index (χ1v) is 6.96. The minimum atomic E-state index is 0.414. The first-order chi connectivity index (χ1) is 8.85. The third-order valence-electron chi connectivity index (χ3n) is 2.42.